The quantitative estimate of drug-likeness (QED) is 0.140. The molecule has 11 aromatic carbocycles. The molecule has 0 saturated carbocycles. The summed E-state index contributed by atoms with van der Waals surface area (Å²) in [5.41, 5.74) is 17.4. The molecule has 310 valence electrons. The van der Waals surface area contributed by atoms with Gasteiger partial charge in [-0.3, -0.25) is 0 Å². The third kappa shape index (κ3) is 6.64. The van der Waals surface area contributed by atoms with Crippen LogP contribution in [0.25, 0.3) is 66.4 Å². The van der Waals surface area contributed by atoms with E-state index in [4.69, 9.17) is 6.85 Å². The smallest absolute Gasteiger partial charge is 0.0713 e. The predicted octanol–water partition coefficient (Wildman–Crippen LogP) is 17.3. The van der Waals surface area contributed by atoms with Gasteiger partial charge < -0.3 is 4.90 Å². The van der Waals surface area contributed by atoms with Gasteiger partial charge in [0.2, 0.25) is 0 Å². The Balaban J connectivity index is 0.945. The van der Waals surface area contributed by atoms with Gasteiger partial charge >= 0.3 is 0 Å². The van der Waals surface area contributed by atoms with Crippen LogP contribution in [0.4, 0.5) is 17.1 Å². The van der Waals surface area contributed by atoms with Gasteiger partial charge in [0, 0.05) is 16.8 Å². The molecule has 0 radical (unpaired) electrons. The number of anilines is 3. The maximum atomic E-state index is 8.65. The molecule has 0 amide bonds. The largest absolute Gasteiger partial charge is 0.310 e. The lowest BCUT2D eigenvalue weighted by atomic mass is 9.67. The zero-order valence-corrected chi connectivity index (χ0v) is 36.0. The molecule has 1 heteroatoms. The standard InChI is InChI=1S/C65H45N/c1-5-17-46(18-6-1)48-33-38-55(39-34-48)66(56-40-35-49(36-41-56)47-19-7-2-8-20-47)64-44-43-57(58-25-13-14-27-61(58)64)51-31-29-50(30-32-51)52-37-42-60-59-26-15-16-28-62(59)65(63(60)45-52,53-21-9-3-10-22-53)54-23-11-4-12-24-54/h1-45H/i1D,5D,6D,17D,18D. The third-order valence-electron chi connectivity index (χ3n) is 13.3. The Labute approximate surface area is 394 Å². The second kappa shape index (κ2) is 16.6. The molecule has 0 fully saturated rings. The van der Waals surface area contributed by atoms with Crippen LogP contribution in [0.15, 0.2) is 273 Å². The van der Waals surface area contributed by atoms with Gasteiger partial charge in [-0.2, -0.15) is 0 Å². The minimum atomic E-state index is -0.477. The molecular weight excluding hydrogens is 795 g/mol. The second-order valence-electron chi connectivity index (χ2n) is 16.8. The fourth-order valence-electron chi connectivity index (χ4n) is 10.2. The van der Waals surface area contributed by atoms with Crippen molar-refractivity contribution in [2.24, 2.45) is 0 Å². The molecule has 0 atom stereocenters. The summed E-state index contributed by atoms with van der Waals surface area (Å²) >= 11 is 0. The molecule has 0 aromatic heterocycles. The molecule has 66 heavy (non-hydrogen) atoms. The van der Waals surface area contributed by atoms with Crippen LogP contribution in [0, 0.1) is 0 Å². The highest BCUT2D eigenvalue weighted by molar-refractivity contribution is 6.06. The lowest BCUT2D eigenvalue weighted by Crippen LogP contribution is -2.28. The van der Waals surface area contributed by atoms with Crippen LogP contribution in [0.5, 0.6) is 0 Å². The molecule has 12 rings (SSSR count). The summed E-state index contributed by atoms with van der Waals surface area (Å²) in [6, 6.07) is 84.5. The number of hydrogen-bond donors (Lipinski definition) is 0. The fourth-order valence-corrected chi connectivity index (χ4v) is 10.2. The van der Waals surface area contributed by atoms with Crippen molar-refractivity contribution >= 4 is 27.8 Å². The molecule has 11 aromatic rings. The summed E-state index contributed by atoms with van der Waals surface area (Å²) in [4.78, 5) is 2.23. The highest BCUT2D eigenvalue weighted by Gasteiger charge is 2.46. The van der Waals surface area contributed by atoms with Crippen LogP contribution in [0.1, 0.15) is 29.1 Å². The number of rotatable bonds is 9. The molecule has 0 heterocycles. The summed E-state index contributed by atoms with van der Waals surface area (Å²) in [5, 5.41) is 2.16. The Hall–Kier alpha value is -8.52. The van der Waals surface area contributed by atoms with Crippen LogP contribution < -0.4 is 4.90 Å². The van der Waals surface area contributed by atoms with Crippen molar-refractivity contribution in [2.75, 3.05) is 4.90 Å². The van der Waals surface area contributed by atoms with E-state index in [0.29, 0.717) is 5.56 Å². The van der Waals surface area contributed by atoms with E-state index in [2.05, 4.69) is 205 Å². The predicted molar refractivity (Wildman–Crippen MR) is 278 cm³/mol. The summed E-state index contributed by atoms with van der Waals surface area (Å²) < 4.78 is 42.0. The first-order valence-corrected chi connectivity index (χ1v) is 22.4. The first-order chi connectivity index (χ1) is 34.8. The minimum absolute atomic E-state index is 0.177. The van der Waals surface area contributed by atoms with E-state index >= 15 is 0 Å². The Morgan fingerprint density at radius 3 is 1.41 bits per heavy atom. The molecule has 1 nitrogen and oxygen atoms in total. The highest BCUT2D eigenvalue weighted by Crippen LogP contribution is 2.56. The average molecular weight is 845 g/mol. The number of hydrogen-bond acceptors (Lipinski definition) is 1. The number of nitrogens with zero attached hydrogens (tertiary/aromatic N) is 1. The zero-order valence-electron chi connectivity index (χ0n) is 41.0. The highest BCUT2D eigenvalue weighted by atomic mass is 15.1. The van der Waals surface area contributed by atoms with Gasteiger partial charge in [-0.1, -0.05) is 236 Å². The zero-order chi connectivity index (χ0) is 48.2. The molecule has 0 aliphatic heterocycles. The van der Waals surface area contributed by atoms with Crippen molar-refractivity contribution < 1.29 is 6.85 Å². The van der Waals surface area contributed by atoms with E-state index in [0.717, 1.165) is 61.2 Å². The topological polar surface area (TPSA) is 3.24 Å². The van der Waals surface area contributed by atoms with Gasteiger partial charge in [0.15, 0.2) is 0 Å². The number of benzene rings is 11. The summed E-state index contributed by atoms with van der Waals surface area (Å²) in [5.74, 6) is 0. The summed E-state index contributed by atoms with van der Waals surface area (Å²) in [6.45, 7) is 0. The maximum Gasteiger partial charge on any atom is 0.0713 e. The van der Waals surface area contributed by atoms with Crippen molar-refractivity contribution in [3.63, 3.8) is 0 Å². The van der Waals surface area contributed by atoms with Crippen molar-refractivity contribution in [3.05, 3.63) is 295 Å². The maximum absolute atomic E-state index is 8.65. The molecule has 0 N–H and O–H groups in total. The van der Waals surface area contributed by atoms with E-state index in [1.165, 1.54) is 33.4 Å². The van der Waals surface area contributed by atoms with E-state index < -0.39 is 11.5 Å². The summed E-state index contributed by atoms with van der Waals surface area (Å²) in [7, 11) is 0. The Bertz CT molecular complexity index is 3710. The van der Waals surface area contributed by atoms with Crippen LogP contribution in [-0.4, -0.2) is 0 Å². The van der Waals surface area contributed by atoms with Gasteiger partial charge in [0.1, 0.15) is 0 Å². The monoisotopic (exact) mass is 844 g/mol. The molecular formula is C65H45N. The lowest BCUT2D eigenvalue weighted by Gasteiger charge is -2.34. The first kappa shape index (κ1) is 34.0. The van der Waals surface area contributed by atoms with E-state index in [9.17, 15) is 0 Å². The van der Waals surface area contributed by atoms with Crippen LogP contribution in [-0.2, 0) is 5.41 Å². The van der Waals surface area contributed by atoms with Crippen molar-refractivity contribution in [3.8, 4) is 55.6 Å². The number of fused-ring (bicyclic) bond motifs is 4. The van der Waals surface area contributed by atoms with Crippen molar-refractivity contribution in [1.82, 2.24) is 0 Å². The van der Waals surface area contributed by atoms with Crippen molar-refractivity contribution in [2.45, 2.75) is 5.41 Å². The van der Waals surface area contributed by atoms with Gasteiger partial charge in [0.05, 0.1) is 18.0 Å². The minimum Gasteiger partial charge on any atom is -0.310 e. The molecule has 0 spiro atoms. The van der Waals surface area contributed by atoms with Crippen LogP contribution in [0.3, 0.4) is 0 Å². The Morgan fingerprint density at radius 2 is 0.758 bits per heavy atom. The average Bonchev–Trinajstić information content (AvgIpc) is 3.74. The van der Waals surface area contributed by atoms with E-state index in [-0.39, 0.29) is 29.7 Å². The van der Waals surface area contributed by atoms with Gasteiger partial charge in [-0.25, -0.2) is 0 Å². The van der Waals surface area contributed by atoms with E-state index in [1.54, 1.807) is 0 Å². The Kier molecular flexibility index (Phi) is 8.52. The van der Waals surface area contributed by atoms with Crippen molar-refractivity contribution in [1.29, 1.82) is 0 Å². The second-order valence-corrected chi connectivity index (χ2v) is 16.8. The van der Waals surface area contributed by atoms with Gasteiger partial charge in [-0.15, -0.1) is 0 Å². The normalized spacial score (nSPS) is 13.4. The molecule has 0 unspecified atom stereocenters. The van der Waals surface area contributed by atoms with Crippen LogP contribution in [0.2, 0.25) is 0 Å². The SMILES string of the molecule is [2H]c1c([2H])c([2H])c(-c2ccc(N(c3ccc(-c4ccccc4)cc3)c3ccc(-c4ccc(-c5ccc6c(c5)C(c5ccccc5)(c5ccccc5)c5ccccc5-6)cc4)c4ccccc34)cc2)c([2H])c1[2H]. The Morgan fingerprint density at radius 1 is 0.303 bits per heavy atom. The molecule has 1 aliphatic carbocycles. The fraction of sp³-hybridized carbons (Fsp3) is 0.0154. The molecule has 1 aliphatic rings. The third-order valence-corrected chi connectivity index (χ3v) is 13.3. The molecule has 0 saturated heterocycles. The van der Waals surface area contributed by atoms with Gasteiger partial charge in [0.25, 0.3) is 0 Å². The first-order valence-electron chi connectivity index (χ1n) is 24.9. The molecule has 0 bridgehead atoms. The van der Waals surface area contributed by atoms with Gasteiger partial charge in [-0.05, 0) is 120 Å². The van der Waals surface area contributed by atoms with Crippen LogP contribution >= 0.6 is 0 Å². The summed E-state index contributed by atoms with van der Waals surface area (Å²) in [6.07, 6.45) is 0. The van der Waals surface area contributed by atoms with E-state index in [1.807, 2.05) is 42.5 Å². The lowest BCUT2D eigenvalue weighted by molar-refractivity contribution is 0.769.